The van der Waals surface area contributed by atoms with Crippen LogP contribution in [0.1, 0.15) is 19.3 Å². The van der Waals surface area contributed by atoms with Crippen LogP contribution in [0.15, 0.2) is 24.4 Å². The fourth-order valence-corrected chi connectivity index (χ4v) is 3.34. The zero-order valence-corrected chi connectivity index (χ0v) is 13.9. The smallest absolute Gasteiger partial charge is 0.202 e. The molecule has 118 valence electrons. The maximum atomic E-state index is 6.30. The summed E-state index contributed by atoms with van der Waals surface area (Å²) in [6.07, 6.45) is 5.49. The molecule has 1 aliphatic heterocycles. The molecule has 0 amide bonds. The number of hydrogen-bond donors (Lipinski definition) is 1. The number of fused-ring (bicyclic) bond motifs is 1. The van der Waals surface area contributed by atoms with Gasteiger partial charge in [0.25, 0.3) is 0 Å². The van der Waals surface area contributed by atoms with Gasteiger partial charge < -0.3 is 4.90 Å². The first kappa shape index (κ1) is 14.7. The average Bonchev–Trinajstić information content (AvgIpc) is 3.01. The Balaban J connectivity index is 1.77. The molecule has 1 saturated heterocycles. The SMILES string of the molecule is Clc1cccc(-c2[nH]nc3nc(N4CCCCC4)cnc23)c1Cl. The van der Waals surface area contributed by atoms with Crippen molar-refractivity contribution in [3.8, 4) is 11.3 Å². The molecule has 7 heteroatoms. The Morgan fingerprint density at radius 2 is 1.91 bits per heavy atom. The maximum absolute atomic E-state index is 6.30. The van der Waals surface area contributed by atoms with Gasteiger partial charge in [-0.25, -0.2) is 9.97 Å². The predicted molar refractivity (Wildman–Crippen MR) is 93.2 cm³/mol. The van der Waals surface area contributed by atoms with Crippen LogP contribution in [0.3, 0.4) is 0 Å². The molecule has 0 unspecified atom stereocenters. The van der Waals surface area contributed by atoms with E-state index < -0.39 is 0 Å². The summed E-state index contributed by atoms with van der Waals surface area (Å²) in [6, 6.07) is 5.50. The molecule has 0 saturated carbocycles. The van der Waals surface area contributed by atoms with Crippen molar-refractivity contribution in [3.63, 3.8) is 0 Å². The molecule has 3 aromatic rings. The number of aromatic nitrogens is 4. The number of rotatable bonds is 2. The molecule has 3 heterocycles. The fraction of sp³-hybridized carbons (Fsp3) is 0.312. The van der Waals surface area contributed by atoms with Crippen molar-refractivity contribution in [3.05, 3.63) is 34.4 Å². The van der Waals surface area contributed by atoms with Crippen molar-refractivity contribution < 1.29 is 0 Å². The molecule has 0 bridgehead atoms. The Bertz CT molecular complexity index is 855. The highest BCUT2D eigenvalue weighted by Gasteiger charge is 2.17. The molecule has 0 radical (unpaired) electrons. The van der Waals surface area contributed by atoms with E-state index >= 15 is 0 Å². The number of H-pyrrole nitrogens is 1. The first-order chi connectivity index (χ1) is 11.2. The lowest BCUT2D eigenvalue weighted by molar-refractivity contribution is 0.573. The van der Waals surface area contributed by atoms with Crippen LogP contribution in [-0.4, -0.2) is 33.3 Å². The number of piperidine rings is 1. The van der Waals surface area contributed by atoms with Crippen LogP contribution in [-0.2, 0) is 0 Å². The van der Waals surface area contributed by atoms with Gasteiger partial charge in [-0.1, -0.05) is 35.3 Å². The third-order valence-electron chi connectivity index (χ3n) is 4.15. The van der Waals surface area contributed by atoms with Gasteiger partial charge in [-0.05, 0) is 25.3 Å². The summed E-state index contributed by atoms with van der Waals surface area (Å²) in [5, 5.41) is 8.28. The van der Waals surface area contributed by atoms with E-state index in [-0.39, 0.29) is 0 Å². The molecular formula is C16H15Cl2N5. The molecule has 1 fully saturated rings. The fourth-order valence-electron chi connectivity index (χ4n) is 2.95. The second-order valence-corrected chi connectivity index (χ2v) is 6.43. The van der Waals surface area contributed by atoms with Gasteiger partial charge in [0, 0.05) is 18.7 Å². The molecular weight excluding hydrogens is 333 g/mol. The van der Waals surface area contributed by atoms with Gasteiger partial charge in [0.2, 0.25) is 5.65 Å². The maximum Gasteiger partial charge on any atom is 0.202 e. The summed E-state index contributed by atoms with van der Waals surface area (Å²) < 4.78 is 0. The van der Waals surface area contributed by atoms with E-state index in [9.17, 15) is 0 Å². The zero-order valence-electron chi connectivity index (χ0n) is 12.4. The van der Waals surface area contributed by atoms with Gasteiger partial charge in [-0.3, -0.25) is 5.10 Å². The number of hydrogen-bond acceptors (Lipinski definition) is 4. The van der Waals surface area contributed by atoms with Gasteiger partial charge in [0.1, 0.15) is 11.3 Å². The van der Waals surface area contributed by atoms with E-state index in [1.165, 1.54) is 19.3 Å². The van der Waals surface area contributed by atoms with E-state index in [4.69, 9.17) is 23.2 Å². The number of aromatic amines is 1. The molecule has 0 spiro atoms. The van der Waals surface area contributed by atoms with Gasteiger partial charge in [-0.2, -0.15) is 5.10 Å². The molecule has 5 nitrogen and oxygen atoms in total. The first-order valence-corrected chi connectivity index (χ1v) is 8.40. The van der Waals surface area contributed by atoms with Crippen molar-refractivity contribution in [2.75, 3.05) is 18.0 Å². The van der Waals surface area contributed by atoms with Crippen LogP contribution in [0.4, 0.5) is 5.82 Å². The molecule has 1 N–H and O–H groups in total. The molecule has 1 aromatic carbocycles. The third kappa shape index (κ3) is 2.64. The lowest BCUT2D eigenvalue weighted by Crippen LogP contribution is -2.30. The standard InChI is InChI=1S/C16H15Cl2N5/c17-11-6-4-5-10(13(11)18)14-15-16(22-21-14)20-12(9-19-15)23-7-2-1-3-8-23/h4-6,9H,1-3,7-8H2,(H,20,21,22). The topological polar surface area (TPSA) is 57.7 Å². The monoisotopic (exact) mass is 347 g/mol. The highest BCUT2D eigenvalue weighted by Crippen LogP contribution is 2.35. The minimum atomic E-state index is 0.488. The largest absolute Gasteiger partial charge is 0.355 e. The van der Waals surface area contributed by atoms with Gasteiger partial charge in [0.15, 0.2) is 0 Å². The number of benzene rings is 1. The van der Waals surface area contributed by atoms with Crippen molar-refractivity contribution >= 4 is 40.2 Å². The average molecular weight is 348 g/mol. The van der Waals surface area contributed by atoms with Crippen LogP contribution in [0.5, 0.6) is 0 Å². The summed E-state index contributed by atoms with van der Waals surface area (Å²) in [6.45, 7) is 2.05. The number of nitrogens with zero attached hydrogens (tertiary/aromatic N) is 4. The third-order valence-corrected chi connectivity index (χ3v) is 4.97. The van der Waals surface area contributed by atoms with Crippen molar-refractivity contribution in [2.24, 2.45) is 0 Å². The molecule has 0 atom stereocenters. The van der Waals surface area contributed by atoms with Crippen LogP contribution in [0.25, 0.3) is 22.4 Å². The Morgan fingerprint density at radius 1 is 1.09 bits per heavy atom. The molecule has 2 aromatic heterocycles. The van der Waals surface area contributed by atoms with Crippen LogP contribution in [0, 0.1) is 0 Å². The molecule has 0 aliphatic carbocycles. The zero-order chi connectivity index (χ0) is 15.8. The Kier molecular flexibility index (Phi) is 3.83. The summed E-state index contributed by atoms with van der Waals surface area (Å²) in [5.41, 5.74) is 2.82. The minimum absolute atomic E-state index is 0.488. The van der Waals surface area contributed by atoms with Crippen LogP contribution in [0.2, 0.25) is 10.0 Å². The lowest BCUT2D eigenvalue weighted by atomic mass is 10.1. The molecule has 1 aliphatic rings. The van der Waals surface area contributed by atoms with Gasteiger partial charge >= 0.3 is 0 Å². The summed E-state index contributed by atoms with van der Waals surface area (Å²) in [4.78, 5) is 11.5. The number of halogens is 2. The van der Waals surface area contributed by atoms with Crippen molar-refractivity contribution in [1.82, 2.24) is 20.2 Å². The van der Waals surface area contributed by atoms with Crippen molar-refractivity contribution in [1.29, 1.82) is 0 Å². The summed E-state index contributed by atoms with van der Waals surface area (Å²) >= 11 is 12.4. The normalized spacial score (nSPS) is 15.3. The minimum Gasteiger partial charge on any atom is -0.355 e. The van der Waals surface area contributed by atoms with Gasteiger partial charge in [0.05, 0.1) is 21.9 Å². The predicted octanol–water partition coefficient (Wildman–Crippen LogP) is 4.32. The Hall–Kier alpha value is -1.85. The Morgan fingerprint density at radius 3 is 2.74 bits per heavy atom. The quantitative estimate of drug-likeness (QED) is 0.749. The van der Waals surface area contributed by atoms with Crippen LogP contribution < -0.4 is 4.90 Å². The van der Waals surface area contributed by atoms with E-state index in [2.05, 4.69) is 25.1 Å². The highest BCUT2D eigenvalue weighted by atomic mass is 35.5. The Labute approximate surface area is 143 Å². The molecule has 23 heavy (non-hydrogen) atoms. The van der Waals surface area contributed by atoms with Gasteiger partial charge in [-0.15, -0.1) is 0 Å². The highest BCUT2D eigenvalue weighted by molar-refractivity contribution is 6.43. The summed E-state index contributed by atoms with van der Waals surface area (Å²) in [7, 11) is 0. The molecule has 4 rings (SSSR count). The van der Waals surface area contributed by atoms with Crippen LogP contribution >= 0.6 is 23.2 Å². The first-order valence-electron chi connectivity index (χ1n) is 7.64. The lowest BCUT2D eigenvalue weighted by Gasteiger charge is -2.27. The number of nitrogens with one attached hydrogen (secondary N) is 1. The number of anilines is 1. The van der Waals surface area contributed by atoms with E-state index in [1.54, 1.807) is 6.07 Å². The van der Waals surface area contributed by atoms with E-state index in [1.807, 2.05) is 18.3 Å². The second-order valence-electron chi connectivity index (χ2n) is 5.65. The van der Waals surface area contributed by atoms with E-state index in [0.717, 1.165) is 30.2 Å². The van der Waals surface area contributed by atoms with E-state index in [0.29, 0.717) is 21.2 Å². The summed E-state index contributed by atoms with van der Waals surface area (Å²) in [5.74, 6) is 0.882. The van der Waals surface area contributed by atoms with Crippen molar-refractivity contribution in [2.45, 2.75) is 19.3 Å². The second kappa shape index (κ2) is 5.98.